The van der Waals surface area contributed by atoms with Crippen molar-refractivity contribution in [3.05, 3.63) is 47.3 Å². The van der Waals surface area contributed by atoms with Gasteiger partial charge in [-0.15, -0.1) is 0 Å². The number of ether oxygens (including phenoxy) is 1. The van der Waals surface area contributed by atoms with Gasteiger partial charge in [-0.1, -0.05) is 12.1 Å². The number of hydrogen-bond donors (Lipinski definition) is 2. The Balaban J connectivity index is 1.68. The van der Waals surface area contributed by atoms with Crippen molar-refractivity contribution in [2.24, 2.45) is 0 Å². The zero-order valence-electron chi connectivity index (χ0n) is 14.1. The van der Waals surface area contributed by atoms with Crippen LogP contribution in [-0.2, 0) is 12.8 Å². The number of carbonyl (C=O) groups is 1. The summed E-state index contributed by atoms with van der Waals surface area (Å²) in [4.78, 5) is 24.0. The number of fused-ring (bicyclic) bond motifs is 2. The van der Waals surface area contributed by atoms with Gasteiger partial charge in [0.05, 0.1) is 11.8 Å². The molecule has 0 bridgehead atoms. The molecule has 25 heavy (non-hydrogen) atoms. The average Bonchev–Trinajstić information content (AvgIpc) is 3.06. The molecule has 6 nitrogen and oxygen atoms in total. The molecular weight excluding hydrogens is 316 g/mol. The molecule has 2 N–H and O–H groups in total. The summed E-state index contributed by atoms with van der Waals surface area (Å²) in [6, 6.07) is 6.15. The first-order valence-corrected chi connectivity index (χ1v) is 8.67. The summed E-state index contributed by atoms with van der Waals surface area (Å²) in [6.07, 6.45) is 7.73. The molecular formula is C19H20N4O2. The summed E-state index contributed by atoms with van der Waals surface area (Å²) < 4.78 is 6.03. The van der Waals surface area contributed by atoms with E-state index in [0.29, 0.717) is 29.2 Å². The molecule has 1 aliphatic carbocycles. The fraction of sp³-hybridized carbons (Fsp3) is 0.316. The number of benzene rings is 1. The van der Waals surface area contributed by atoms with E-state index in [9.17, 15) is 4.79 Å². The maximum absolute atomic E-state index is 12.1. The number of nitrogens with one attached hydrogen (secondary N) is 2. The fourth-order valence-electron chi connectivity index (χ4n) is 3.31. The summed E-state index contributed by atoms with van der Waals surface area (Å²) >= 11 is 0. The van der Waals surface area contributed by atoms with Gasteiger partial charge in [-0.25, -0.2) is 9.97 Å². The summed E-state index contributed by atoms with van der Waals surface area (Å²) in [5.41, 5.74) is 4.18. The quantitative estimate of drug-likeness (QED) is 0.765. The minimum absolute atomic E-state index is 0.169. The maximum Gasteiger partial charge on any atom is 0.255 e. The number of aryl methyl sites for hydroxylation is 1. The number of nitrogens with zero attached hydrogens (tertiary/aromatic N) is 2. The molecule has 3 aromatic rings. The van der Waals surface area contributed by atoms with Crippen LogP contribution in [0.3, 0.4) is 0 Å². The van der Waals surface area contributed by atoms with Crippen LogP contribution in [0.2, 0.25) is 0 Å². The van der Waals surface area contributed by atoms with E-state index in [0.717, 1.165) is 18.6 Å². The topological polar surface area (TPSA) is 79.9 Å². The van der Waals surface area contributed by atoms with Crippen LogP contribution in [0.1, 0.15) is 41.3 Å². The monoisotopic (exact) mass is 336 g/mol. The van der Waals surface area contributed by atoms with Crippen molar-refractivity contribution in [2.45, 2.75) is 32.6 Å². The van der Waals surface area contributed by atoms with E-state index >= 15 is 0 Å². The van der Waals surface area contributed by atoms with Crippen molar-refractivity contribution in [3.8, 4) is 11.6 Å². The van der Waals surface area contributed by atoms with Gasteiger partial charge in [0.25, 0.3) is 5.91 Å². The first-order chi connectivity index (χ1) is 12.3. The number of hydrogen-bond acceptors (Lipinski definition) is 4. The summed E-state index contributed by atoms with van der Waals surface area (Å²) in [5.74, 6) is 1.06. The van der Waals surface area contributed by atoms with E-state index in [2.05, 4.69) is 26.3 Å². The van der Waals surface area contributed by atoms with Crippen LogP contribution in [0.4, 0.5) is 0 Å². The second-order valence-electron chi connectivity index (χ2n) is 6.17. The van der Waals surface area contributed by atoms with Crippen molar-refractivity contribution in [1.82, 2.24) is 20.3 Å². The van der Waals surface area contributed by atoms with Gasteiger partial charge in [-0.05, 0) is 49.8 Å². The lowest BCUT2D eigenvalue weighted by atomic mass is 9.91. The first-order valence-electron chi connectivity index (χ1n) is 8.67. The van der Waals surface area contributed by atoms with Gasteiger partial charge in [0, 0.05) is 12.7 Å². The van der Waals surface area contributed by atoms with Gasteiger partial charge in [0.1, 0.15) is 11.3 Å². The molecule has 0 aliphatic heterocycles. The highest BCUT2D eigenvalue weighted by Gasteiger charge is 2.17. The molecule has 0 saturated carbocycles. The highest BCUT2D eigenvalue weighted by molar-refractivity contribution is 6.04. The van der Waals surface area contributed by atoms with Gasteiger partial charge >= 0.3 is 0 Å². The summed E-state index contributed by atoms with van der Waals surface area (Å²) in [7, 11) is 0. The molecule has 0 spiro atoms. The Morgan fingerprint density at radius 1 is 1.32 bits per heavy atom. The van der Waals surface area contributed by atoms with E-state index in [1.807, 2.05) is 19.1 Å². The highest BCUT2D eigenvalue weighted by atomic mass is 16.5. The average molecular weight is 336 g/mol. The molecule has 0 unspecified atom stereocenters. The zero-order chi connectivity index (χ0) is 17.2. The van der Waals surface area contributed by atoms with Crippen LogP contribution in [0.15, 0.2) is 30.6 Å². The molecule has 1 aromatic carbocycles. The molecule has 0 radical (unpaired) electrons. The third-order valence-corrected chi connectivity index (χ3v) is 4.51. The van der Waals surface area contributed by atoms with Gasteiger partial charge < -0.3 is 15.0 Å². The third kappa shape index (κ3) is 2.95. The molecule has 2 aromatic heterocycles. The number of H-pyrrole nitrogens is 1. The van der Waals surface area contributed by atoms with Gasteiger partial charge in [-0.2, -0.15) is 0 Å². The number of carbonyl (C=O) groups excluding carboxylic acids is 1. The molecule has 6 heteroatoms. The van der Waals surface area contributed by atoms with Crippen LogP contribution in [0.25, 0.3) is 11.2 Å². The third-order valence-electron chi connectivity index (χ3n) is 4.51. The van der Waals surface area contributed by atoms with Crippen LogP contribution in [0.5, 0.6) is 11.6 Å². The largest absolute Gasteiger partial charge is 0.437 e. The van der Waals surface area contributed by atoms with Crippen molar-refractivity contribution < 1.29 is 9.53 Å². The van der Waals surface area contributed by atoms with Crippen molar-refractivity contribution in [3.63, 3.8) is 0 Å². The Hall–Kier alpha value is -2.89. The van der Waals surface area contributed by atoms with Gasteiger partial charge in [0.2, 0.25) is 5.88 Å². The standard InChI is InChI=1S/C19H20N4O2/c1-2-20-19(24)14-10-21-18-17(14)23-16(11-22-18)25-15-9-5-7-12-6-3-4-8-13(12)15/h5,7,9-11H,2-4,6,8H2,1H3,(H,20,24)(H,21,22). The zero-order valence-corrected chi connectivity index (χ0v) is 14.1. The lowest BCUT2D eigenvalue weighted by Gasteiger charge is -2.18. The molecule has 0 saturated heterocycles. The van der Waals surface area contributed by atoms with Gasteiger partial charge in [0.15, 0.2) is 5.65 Å². The van der Waals surface area contributed by atoms with Crippen LogP contribution in [0, 0.1) is 0 Å². The first kappa shape index (κ1) is 15.6. The molecule has 0 fully saturated rings. The Morgan fingerprint density at radius 2 is 2.20 bits per heavy atom. The Morgan fingerprint density at radius 3 is 3.08 bits per heavy atom. The summed E-state index contributed by atoms with van der Waals surface area (Å²) in [6.45, 7) is 2.44. The van der Waals surface area contributed by atoms with Gasteiger partial charge in [-0.3, -0.25) is 4.79 Å². The Bertz CT molecular complexity index is 932. The lowest BCUT2D eigenvalue weighted by molar-refractivity contribution is 0.0957. The predicted molar refractivity (Wildman–Crippen MR) is 95.1 cm³/mol. The van der Waals surface area contributed by atoms with E-state index in [1.165, 1.54) is 24.0 Å². The van der Waals surface area contributed by atoms with E-state index in [-0.39, 0.29) is 5.91 Å². The lowest BCUT2D eigenvalue weighted by Crippen LogP contribution is -2.22. The van der Waals surface area contributed by atoms with Crippen LogP contribution < -0.4 is 10.1 Å². The Kier molecular flexibility index (Phi) is 4.09. The minimum atomic E-state index is -0.169. The van der Waals surface area contributed by atoms with E-state index < -0.39 is 0 Å². The van der Waals surface area contributed by atoms with Crippen LogP contribution in [-0.4, -0.2) is 27.4 Å². The Labute approximate surface area is 145 Å². The normalized spacial score (nSPS) is 13.5. The number of aromatic amines is 1. The number of aromatic nitrogens is 3. The minimum Gasteiger partial charge on any atom is -0.437 e. The smallest absolute Gasteiger partial charge is 0.255 e. The van der Waals surface area contributed by atoms with Crippen molar-refractivity contribution in [1.29, 1.82) is 0 Å². The molecule has 4 rings (SSSR count). The fourth-order valence-corrected chi connectivity index (χ4v) is 3.31. The molecule has 128 valence electrons. The number of amides is 1. The van der Waals surface area contributed by atoms with Crippen molar-refractivity contribution >= 4 is 17.1 Å². The van der Waals surface area contributed by atoms with E-state index in [1.54, 1.807) is 12.4 Å². The highest BCUT2D eigenvalue weighted by Crippen LogP contribution is 2.32. The van der Waals surface area contributed by atoms with E-state index in [4.69, 9.17) is 4.74 Å². The molecule has 0 atom stereocenters. The van der Waals surface area contributed by atoms with Crippen LogP contribution >= 0.6 is 0 Å². The second kappa shape index (κ2) is 6.55. The van der Waals surface area contributed by atoms with Crippen molar-refractivity contribution in [2.75, 3.05) is 6.54 Å². The number of rotatable bonds is 4. The molecule has 1 amide bonds. The maximum atomic E-state index is 12.1. The SMILES string of the molecule is CCNC(=O)c1c[nH]c2ncc(Oc3cccc4c3CCCC4)nc12. The molecule has 1 aliphatic rings. The predicted octanol–water partition coefficient (Wildman–Crippen LogP) is 3.38. The molecule has 2 heterocycles. The summed E-state index contributed by atoms with van der Waals surface area (Å²) in [5, 5.41) is 2.78. The second-order valence-corrected chi connectivity index (χ2v) is 6.17.